The van der Waals surface area contributed by atoms with Crippen molar-refractivity contribution in [2.24, 2.45) is 11.8 Å². The van der Waals surface area contributed by atoms with Crippen LogP contribution < -0.4 is 5.32 Å². The van der Waals surface area contributed by atoms with Crippen molar-refractivity contribution in [1.29, 1.82) is 0 Å². The number of alkyl carbamates (subject to hydrolysis) is 1. The van der Waals surface area contributed by atoms with Crippen molar-refractivity contribution in [2.45, 2.75) is 19.3 Å². The second-order valence-corrected chi connectivity index (χ2v) is 3.51. The van der Waals surface area contributed by atoms with Crippen LogP contribution in [0.25, 0.3) is 0 Å². The van der Waals surface area contributed by atoms with Gasteiger partial charge in [-0.3, -0.25) is 0 Å². The Balaban J connectivity index is 2.23. The molecule has 2 unspecified atom stereocenters. The third-order valence-corrected chi connectivity index (χ3v) is 2.74. The lowest BCUT2D eigenvalue weighted by Gasteiger charge is -2.16. The fourth-order valence-electron chi connectivity index (χ4n) is 1.91. The third kappa shape index (κ3) is 2.88. The molecular weight excluding hydrogens is 170 g/mol. The highest BCUT2D eigenvalue weighted by atomic mass is 16.5. The number of rotatable bonds is 3. The summed E-state index contributed by atoms with van der Waals surface area (Å²) in [5.74, 6) is 0.779. The number of aliphatic hydroxyl groups excluding tert-OH is 1. The first-order valence-corrected chi connectivity index (χ1v) is 4.70. The Morgan fingerprint density at radius 2 is 2.23 bits per heavy atom. The summed E-state index contributed by atoms with van der Waals surface area (Å²) in [7, 11) is 1.35. The molecule has 0 bridgehead atoms. The molecule has 4 heteroatoms. The molecule has 0 aromatic carbocycles. The first kappa shape index (κ1) is 10.3. The largest absolute Gasteiger partial charge is 0.453 e. The topological polar surface area (TPSA) is 58.6 Å². The molecule has 0 radical (unpaired) electrons. The van der Waals surface area contributed by atoms with Crippen molar-refractivity contribution in [1.82, 2.24) is 5.32 Å². The number of hydrogen-bond acceptors (Lipinski definition) is 3. The third-order valence-electron chi connectivity index (χ3n) is 2.74. The van der Waals surface area contributed by atoms with Gasteiger partial charge >= 0.3 is 6.09 Å². The lowest BCUT2D eigenvalue weighted by Crippen LogP contribution is -2.31. The number of nitrogens with one attached hydrogen (secondary N) is 1. The molecule has 1 saturated carbocycles. The molecule has 0 aromatic rings. The molecule has 2 atom stereocenters. The zero-order valence-corrected chi connectivity index (χ0v) is 7.95. The molecule has 4 nitrogen and oxygen atoms in total. The number of carbonyl (C=O) groups is 1. The summed E-state index contributed by atoms with van der Waals surface area (Å²) < 4.78 is 4.47. The highest BCUT2D eigenvalue weighted by Crippen LogP contribution is 2.30. The Bertz CT molecular complexity index is 172. The molecule has 1 fully saturated rings. The number of methoxy groups -OCH3 is 1. The summed E-state index contributed by atoms with van der Waals surface area (Å²) in [6.45, 7) is 0.853. The minimum atomic E-state index is -0.386. The number of amides is 1. The van der Waals surface area contributed by atoms with E-state index in [0.717, 1.165) is 19.3 Å². The van der Waals surface area contributed by atoms with Gasteiger partial charge in [-0.15, -0.1) is 0 Å². The maximum absolute atomic E-state index is 10.8. The minimum absolute atomic E-state index is 0.230. The van der Waals surface area contributed by atoms with Crippen molar-refractivity contribution in [2.75, 3.05) is 20.3 Å². The summed E-state index contributed by atoms with van der Waals surface area (Å²) >= 11 is 0. The van der Waals surface area contributed by atoms with E-state index in [1.54, 1.807) is 0 Å². The first-order chi connectivity index (χ1) is 6.27. The second-order valence-electron chi connectivity index (χ2n) is 3.51. The van der Waals surface area contributed by atoms with Crippen LogP contribution in [0.15, 0.2) is 0 Å². The van der Waals surface area contributed by atoms with Gasteiger partial charge in [0.25, 0.3) is 0 Å². The Kier molecular flexibility index (Phi) is 4.02. The molecule has 0 spiro atoms. The van der Waals surface area contributed by atoms with E-state index in [9.17, 15) is 4.79 Å². The Labute approximate surface area is 78.3 Å². The number of aliphatic hydroxyl groups is 1. The van der Waals surface area contributed by atoms with Crippen LogP contribution in [0.4, 0.5) is 4.79 Å². The van der Waals surface area contributed by atoms with Crippen molar-refractivity contribution >= 4 is 6.09 Å². The predicted octanol–water partition coefficient (Wildman–Crippen LogP) is 0.751. The lowest BCUT2D eigenvalue weighted by molar-refractivity contribution is 0.161. The maximum Gasteiger partial charge on any atom is 0.406 e. The zero-order valence-electron chi connectivity index (χ0n) is 7.95. The Morgan fingerprint density at radius 1 is 1.54 bits per heavy atom. The van der Waals surface area contributed by atoms with Gasteiger partial charge in [0.05, 0.1) is 7.11 Å². The molecule has 0 heterocycles. The van der Waals surface area contributed by atoms with Crippen molar-refractivity contribution < 1.29 is 14.6 Å². The van der Waals surface area contributed by atoms with E-state index in [1.807, 2.05) is 0 Å². The maximum atomic E-state index is 10.8. The molecule has 1 amide bonds. The van der Waals surface area contributed by atoms with E-state index in [1.165, 1.54) is 7.11 Å². The monoisotopic (exact) mass is 187 g/mol. The van der Waals surface area contributed by atoms with Crippen molar-refractivity contribution in [3.8, 4) is 0 Å². The van der Waals surface area contributed by atoms with Crippen LogP contribution in [0.2, 0.25) is 0 Å². The van der Waals surface area contributed by atoms with Gasteiger partial charge in [-0.2, -0.15) is 0 Å². The standard InChI is InChI=1S/C9H17NO3/c1-13-9(12)10-5-7-3-2-4-8(7)6-11/h7-8,11H,2-6H2,1H3,(H,10,12). The van der Waals surface area contributed by atoms with Crippen LogP contribution in [0.1, 0.15) is 19.3 Å². The molecular formula is C9H17NO3. The predicted molar refractivity (Wildman–Crippen MR) is 48.3 cm³/mol. The number of hydrogen-bond donors (Lipinski definition) is 2. The van der Waals surface area contributed by atoms with Gasteiger partial charge in [0, 0.05) is 13.2 Å². The van der Waals surface area contributed by atoms with Crippen LogP contribution in [0, 0.1) is 11.8 Å². The van der Waals surface area contributed by atoms with Gasteiger partial charge < -0.3 is 15.2 Å². The van der Waals surface area contributed by atoms with E-state index in [4.69, 9.17) is 5.11 Å². The highest BCUT2D eigenvalue weighted by molar-refractivity contribution is 5.66. The average molecular weight is 187 g/mol. The van der Waals surface area contributed by atoms with Gasteiger partial charge in [0.1, 0.15) is 0 Å². The molecule has 13 heavy (non-hydrogen) atoms. The van der Waals surface area contributed by atoms with Crippen LogP contribution >= 0.6 is 0 Å². The number of carbonyl (C=O) groups excluding carboxylic acids is 1. The highest BCUT2D eigenvalue weighted by Gasteiger charge is 2.26. The quantitative estimate of drug-likeness (QED) is 0.685. The molecule has 2 N–H and O–H groups in total. The summed E-state index contributed by atoms with van der Waals surface area (Å²) in [5.41, 5.74) is 0. The molecule has 0 saturated heterocycles. The van der Waals surface area contributed by atoms with E-state index >= 15 is 0 Å². The summed E-state index contributed by atoms with van der Waals surface area (Å²) in [4.78, 5) is 10.8. The van der Waals surface area contributed by atoms with Crippen molar-refractivity contribution in [3.63, 3.8) is 0 Å². The number of ether oxygens (including phenoxy) is 1. The Morgan fingerprint density at radius 3 is 2.85 bits per heavy atom. The molecule has 0 aliphatic heterocycles. The molecule has 1 rings (SSSR count). The van der Waals surface area contributed by atoms with Gasteiger partial charge in [-0.05, 0) is 24.7 Å². The van der Waals surface area contributed by atoms with Crippen LogP contribution in [0.3, 0.4) is 0 Å². The van der Waals surface area contributed by atoms with E-state index < -0.39 is 0 Å². The zero-order chi connectivity index (χ0) is 9.68. The summed E-state index contributed by atoms with van der Waals surface area (Å²) in [6.07, 6.45) is 2.93. The average Bonchev–Trinajstić information content (AvgIpc) is 2.61. The Hall–Kier alpha value is -0.770. The SMILES string of the molecule is COC(=O)NCC1CCCC1CO. The van der Waals surface area contributed by atoms with Gasteiger partial charge in [0.2, 0.25) is 0 Å². The molecule has 0 aromatic heterocycles. The van der Waals surface area contributed by atoms with Crippen molar-refractivity contribution in [3.05, 3.63) is 0 Å². The van der Waals surface area contributed by atoms with E-state index in [0.29, 0.717) is 18.4 Å². The smallest absolute Gasteiger partial charge is 0.406 e. The molecule has 1 aliphatic carbocycles. The van der Waals surface area contributed by atoms with Crippen LogP contribution in [0.5, 0.6) is 0 Å². The molecule has 1 aliphatic rings. The van der Waals surface area contributed by atoms with Gasteiger partial charge in [-0.1, -0.05) is 6.42 Å². The molecule has 76 valence electrons. The van der Waals surface area contributed by atoms with E-state index in [2.05, 4.69) is 10.1 Å². The minimum Gasteiger partial charge on any atom is -0.453 e. The van der Waals surface area contributed by atoms with Gasteiger partial charge in [0.15, 0.2) is 0 Å². The fraction of sp³-hybridized carbons (Fsp3) is 0.889. The lowest BCUT2D eigenvalue weighted by atomic mass is 9.97. The van der Waals surface area contributed by atoms with Crippen LogP contribution in [-0.2, 0) is 4.74 Å². The van der Waals surface area contributed by atoms with Crippen LogP contribution in [-0.4, -0.2) is 31.5 Å². The summed E-state index contributed by atoms with van der Waals surface area (Å²) in [5, 5.41) is 11.7. The fourth-order valence-corrected chi connectivity index (χ4v) is 1.91. The first-order valence-electron chi connectivity index (χ1n) is 4.70. The normalized spacial score (nSPS) is 27.2. The van der Waals surface area contributed by atoms with E-state index in [-0.39, 0.29) is 12.7 Å². The summed E-state index contributed by atoms with van der Waals surface area (Å²) in [6, 6.07) is 0. The second kappa shape index (κ2) is 5.07. The van der Waals surface area contributed by atoms with Gasteiger partial charge in [-0.25, -0.2) is 4.79 Å².